The molecule has 1 aromatic carbocycles. The number of anilines is 1. The number of carbonyl (C=O) groups is 1. The van der Waals surface area contributed by atoms with Crippen molar-refractivity contribution in [2.24, 2.45) is 0 Å². The Kier molecular flexibility index (Phi) is 4.77. The molecule has 0 saturated heterocycles. The zero-order chi connectivity index (χ0) is 14.7. The summed E-state index contributed by atoms with van der Waals surface area (Å²) in [5.74, 6) is 0.398. The molecule has 0 unspecified atom stereocenters. The number of carbonyl (C=O) groups excluding carboxylic acids is 1. The zero-order valence-electron chi connectivity index (χ0n) is 10.9. The number of rotatable bonds is 3. The molecule has 0 spiro atoms. The monoisotopic (exact) mass is 398 g/mol. The van der Waals surface area contributed by atoms with Gasteiger partial charge in [0.15, 0.2) is 0 Å². The van der Waals surface area contributed by atoms with E-state index in [0.717, 1.165) is 10.0 Å². The molecular formula is C14H12Br2N2O2. The first-order valence-corrected chi connectivity index (χ1v) is 7.37. The molecule has 0 aliphatic rings. The average molecular weight is 400 g/mol. The van der Waals surface area contributed by atoms with Gasteiger partial charge in [-0.1, -0.05) is 15.9 Å². The van der Waals surface area contributed by atoms with Crippen molar-refractivity contribution in [2.45, 2.75) is 6.92 Å². The van der Waals surface area contributed by atoms with Crippen molar-refractivity contribution < 1.29 is 9.53 Å². The van der Waals surface area contributed by atoms with Crippen molar-refractivity contribution in [2.75, 3.05) is 12.4 Å². The van der Waals surface area contributed by atoms with E-state index in [1.54, 1.807) is 25.4 Å². The van der Waals surface area contributed by atoms with Crippen molar-refractivity contribution in [3.8, 4) is 5.75 Å². The summed E-state index contributed by atoms with van der Waals surface area (Å²) in [4.78, 5) is 16.2. The van der Waals surface area contributed by atoms with Crippen LogP contribution in [-0.2, 0) is 0 Å². The Hall–Kier alpha value is -1.40. The molecule has 0 aliphatic carbocycles. The second kappa shape index (κ2) is 6.37. The molecule has 1 heterocycles. The molecule has 1 aromatic heterocycles. The number of hydrogen-bond acceptors (Lipinski definition) is 3. The van der Waals surface area contributed by atoms with E-state index in [9.17, 15) is 4.79 Å². The lowest BCUT2D eigenvalue weighted by molar-refractivity contribution is 0.102. The van der Waals surface area contributed by atoms with Crippen LogP contribution in [0.25, 0.3) is 0 Å². The first-order chi connectivity index (χ1) is 9.51. The average Bonchev–Trinajstić information content (AvgIpc) is 2.41. The minimum atomic E-state index is -0.211. The number of aryl methyl sites for hydroxylation is 1. The van der Waals surface area contributed by atoms with Crippen molar-refractivity contribution in [1.29, 1.82) is 0 Å². The number of benzene rings is 1. The van der Waals surface area contributed by atoms with Crippen LogP contribution in [0.2, 0.25) is 0 Å². The summed E-state index contributed by atoms with van der Waals surface area (Å²) >= 11 is 6.65. The maximum absolute atomic E-state index is 12.2. The molecule has 1 N–H and O–H groups in total. The lowest BCUT2D eigenvalue weighted by atomic mass is 10.1. The summed E-state index contributed by atoms with van der Waals surface area (Å²) in [5.41, 5.74) is 2.10. The van der Waals surface area contributed by atoms with Crippen LogP contribution in [0.3, 0.4) is 0 Å². The predicted octanol–water partition coefficient (Wildman–Crippen LogP) is 4.18. The van der Waals surface area contributed by atoms with E-state index in [1.165, 1.54) is 0 Å². The van der Waals surface area contributed by atoms with Crippen LogP contribution in [0, 0.1) is 6.92 Å². The molecule has 0 bridgehead atoms. The fourth-order valence-corrected chi connectivity index (χ4v) is 2.68. The quantitative estimate of drug-likeness (QED) is 0.787. The summed E-state index contributed by atoms with van der Waals surface area (Å²) in [7, 11) is 1.57. The van der Waals surface area contributed by atoms with E-state index in [4.69, 9.17) is 4.74 Å². The van der Waals surface area contributed by atoms with Crippen LogP contribution in [-0.4, -0.2) is 18.0 Å². The van der Waals surface area contributed by atoms with E-state index >= 15 is 0 Å². The van der Waals surface area contributed by atoms with Gasteiger partial charge in [0.2, 0.25) is 0 Å². The maximum Gasteiger partial charge on any atom is 0.255 e. The van der Waals surface area contributed by atoms with Gasteiger partial charge < -0.3 is 10.1 Å². The third-order valence-corrected chi connectivity index (χ3v) is 3.60. The Morgan fingerprint density at radius 3 is 2.70 bits per heavy atom. The minimum Gasteiger partial charge on any atom is -0.495 e. The van der Waals surface area contributed by atoms with E-state index in [1.807, 2.05) is 19.1 Å². The summed E-state index contributed by atoms with van der Waals surface area (Å²) in [6.45, 7) is 1.91. The number of pyridine rings is 1. The number of ether oxygens (including phenoxy) is 1. The fraction of sp³-hybridized carbons (Fsp3) is 0.143. The molecule has 0 aliphatic heterocycles. The van der Waals surface area contributed by atoms with Gasteiger partial charge in [-0.05, 0) is 52.7 Å². The highest BCUT2D eigenvalue weighted by Gasteiger charge is 2.13. The van der Waals surface area contributed by atoms with E-state index < -0.39 is 0 Å². The topological polar surface area (TPSA) is 51.2 Å². The van der Waals surface area contributed by atoms with Crippen LogP contribution in [0.15, 0.2) is 39.5 Å². The highest BCUT2D eigenvalue weighted by Crippen LogP contribution is 2.32. The highest BCUT2D eigenvalue weighted by molar-refractivity contribution is 9.10. The first-order valence-electron chi connectivity index (χ1n) is 5.78. The zero-order valence-corrected chi connectivity index (χ0v) is 14.1. The van der Waals surface area contributed by atoms with E-state index in [-0.39, 0.29) is 5.91 Å². The highest BCUT2D eigenvalue weighted by atomic mass is 79.9. The SMILES string of the molecule is COc1cc(Br)cc(C)c1NC(=O)c1ccnc(Br)c1. The molecule has 0 saturated carbocycles. The number of methoxy groups -OCH3 is 1. The van der Waals surface area contributed by atoms with E-state index in [0.29, 0.717) is 21.6 Å². The summed E-state index contributed by atoms with van der Waals surface area (Å²) < 4.78 is 6.82. The van der Waals surface area contributed by atoms with Crippen LogP contribution < -0.4 is 10.1 Å². The lowest BCUT2D eigenvalue weighted by Gasteiger charge is -2.13. The van der Waals surface area contributed by atoms with Gasteiger partial charge in [-0.15, -0.1) is 0 Å². The number of aromatic nitrogens is 1. The Labute approximate surface area is 133 Å². The molecule has 2 aromatic rings. The molecule has 0 fully saturated rings. The molecular weight excluding hydrogens is 388 g/mol. The summed E-state index contributed by atoms with van der Waals surface area (Å²) in [5, 5.41) is 2.87. The normalized spacial score (nSPS) is 10.2. The van der Waals surface area contributed by atoms with Crippen molar-refractivity contribution in [1.82, 2.24) is 4.98 Å². The van der Waals surface area contributed by atoms with Gasteiger partial charge >= 0.3 is 0 Å². The number of nitrogens with one attached hydrogen (secondary N) is 1. The number of nitrogens with zero attached hydrogens (tertiary/aromatic N) is 1. The number of halogens is 2. The molecule has 104 valence electrons. The van der Waals surface area contributed by atoms with Crippen LogP contribution >= 0.6 is 31.9 Å². The molecule has 4 nitrogen and oxygen atoms in total. The van der Waals surface area contributed by atoms with Gasteiger partial charge in [0, 0.05) is 16.2 Å². The smallest absolute Gasteiger partial charge is 0.255 e. The van der Waals surface area contributed by atoms with Gasteiger partial charge in [0.05, 0.1) is 12.8 Å². The van der Waals surface area contributed by atoms with Gasteiger partial charge in [0.1, 0.15) is 10.4 Å². The van der Waals surface area contributed by atoms with Crippen LogP contribution in [0.1, 0.15) is 15.9 Å². The first kappa shape index (κ1) is 15.0. The van der Waals surface area contributed by atoms with Gasteiger partial charge in [0.25, 0.3) is 5.91 Å². The molecule has 2 rings (SSSR count). The Bertz CT molecular complexity index is 660. The molecule has 6 heteroatoms. The van der Waals surface area contributed by atoms with Crippen molar-refractivity contribution >= 4 is 43.5 Å². The van der Waals surface area contributed by atoms with Crippen molar-refractivity contribution in [3.63, 3.8) is 0 Å². The van der Waals surface area contributed by atoms with Gasteiger partial charge in [-0.25, -0.2) is 4.98 Å². The molecule has 20 heavy (non-hydrogen) atoms. The minimum absolute atomic E-state index is 0.211. The lowest BCUT2D eigenvalue weighted by Crippen LogP contribution is -2.13. The largest absolute Gasteiger partial charge is 0.495 e. The second-order valence-electron chi connectivity index (χ2n) is 4.12. The van der Waals surface area contributed by atoms with Gasteiger partial charge in [-0.3, -0.25) is 4.79 Å². The second-order valence-corrected chi connectivity index (χ2v) is 5.85. The standard InChI is InChI=1S/C14H12Br2N2O2/c1-8-5-10(15)7-11(20-2)13(8)18-14(19)9-3-4-17-12(16)6-9/h3-7H,1-2H3,(H,18,19). The van der Waals surface area contributed by atoms with E-state index in [2.05, 4.69) is 42.2 Å². The maximum atomic E-state index is 12.2. The molecule has 0 radical (unpaired) electrons. The number of hydrogen-bond donors (Lipinski definition) is 1. The number of amides is 1. The summed E-state index contributed by atoms with van der Waals surface area (Å²) in [6.07, 6.45) is 1.57. The van der Waals surface area contributed by atoms with Crippen molar-refractivity contribution in [3.05, 3.63) is 50.7 Å². The predicted molar refractivity (Wildman–Crippen MR) is 85.3 cm³/mol. The molecule has 0 atom stereocenters. The Morgan fingerprint density at radius 2 is 2.05 bits per heavy atom. The third-order valence-electron chi connectivity index (χ3n) is 2.71. The van der Waals surface area contributed by atoms with Crippen LogP contribution in [0.5, 0.6) is 5.75 Å². The Balaban J connectivity index is 2.32. The van der Waals surface area contributed by atoms with Gasteiger partial charge in [-0.2, -0.15) is 0 Å². The molecule has 1 amide bonds. The Morgan fingerprint density at radius 1 is 1.30 bits per heavy atom. The van der Waals surface area contributed by atoms with Crippen LogP contribution in [0.4, 0.5) is 5.69 Å². The third kappa shape index (κ3) is 3.37. The fourth-order valence-electron chi connectivity index (χ4n) is 1.76. The summed E-state index contributed by atoms with van der Waals surface area (Å²) in [6, 6.07) is 7.04.